The van der Waals surface area contributed by atoms with Gasteiger partial charge in [-0.1, -0.05) is 43.2 Å². The lowest BCUT2D eigenvalue weighted by molar-refractivity contribution is 0.0948. The van der Waals surface area contributed by atoms with E-state index in [1.54, 1.807) is 13.1 Å². The summed E-state index contributed by atoms with van der Waals surface area (Å²) in [6, 6.07) is 11.0. The van der Waals surface area contributed by atoms with Gasteiger partial charge >= 0.3 is 0 Å². The molecular weight excluding hydrogens is 354 g/mol. The van der Waals surface area contributed by atoms with Gasteiger partial charge in [0, 0.05) is 20.0 Å². The lowest BCUT2D eigenvalue weighted by atomic mass is 10.1. The van der Waals surface area contributed by atoms with Gasteiger partial charge in [-0.2, -0.15) is 0 Å². The van der Waals surface area contributed by atoms with Gasteiger partial charge < -0.3 is 10.4 Å². The van der Waals surface area contributed by atoms with E-state index in [-0.39, 0.29) is 22.3 Å². The molecule has 0 radical (unpaired) electrons. The standard InChI is InChI=1S/C22H25N3O3/c1-4-5-6-18-24-17-12-11-16(20(26)19(17)22(28)25(18)3)21(27)23-13-15-9-7-14(2)8-10-15/h7-12,26H,4-6,13H2,1-3H3,(H,23,27). The summed E-state index contributed by atoms with van der Waals surface area (Å²) < 4.78 is 1.45. The van der Waals surface area contributed by atoms with Crippen LogP contribution in [0.25, 0.3) is 10.9 Å². The minimum atomic E-state index is -0.433. The van der Waals surface area contributed by atoms with E-state index >= 15 is 0 Å². The van der Waals surface area contributed by atoms with Crippen LogP contribution in [0.15, 0.2) is 41.2 Å². The van der Waals surface area contributed by atoms with Crippen LogP contribution in [0.1, 0.15) is 47.1 Å². The molecule has 3 rings (SSSR count). The number of phenolic OH excluding ortho intramolecular Hbond substituents is 1. The van der Waals surface area contributed by atoms with Crippen LogP contribution in [0.4, 0.5) is 0 Å². The fourth-order valence-electron chi connectivity index (χ4n) is 3.11. The zero-order chi connectivity index (χ0) is 20.3. The molecule has 0 atom stereocenters. The summed E-state index contributed by atoms with van der Waals surface area (Å²) in [5, 5.41) is 13.5. The Hall–Kier alpha value is -3.15. The highest BCUT2D eigenvalue weighted by molar-refractivity contribution is 6.02. The molecule has 2 N–H and O–H groups in total. The largest absolute Gasteiger partial charge is 0.506 e. The number of amides is 1. The molecule has 1 amide bonds. The van der Waals surface area contributed by atoms with E-state index < -0.39 is 5.91 Å². The molecule has 2 aromatic carbocycles. The Labute approximate surface area is 163 Å². The molecule has 28 heavy (non-hydrogen) atoms. The third-order valence-corrected chi connectivity index (χ3v) is 4.88. The van der Waals surface area contributed by atoms with E-state index in [1.165, 1.54) is 10.6 Å². The fourth-order valence-corrected chi connectivity index (χ4v) is 3.11. The second kappa shape index (κ2) is 8.25. The number of unbranched alkanes of at least 4 members (excludes halogenated alkanes) is 1. The van der Waals surface area contributed by atoms with Crippen LogP contribution in [-0.2, 0) is 20.0 Å². The molecule has 1 aromatic heterocycles. The Bertz CT molecular complexity index is 1070. The van der Waals surface area contributed by atoms with Crippen molar-refractivity contribution in [2.75, 3.05) is 0 Å². The molecule has 1 heterocycles. The van der Waals surface area contributed by atoms with E-state index in [4.69, 9.17) is 0 Å². The van der Waals surface area contributed by atoms with Crippen molar-refractivity contribution < 1.29 is 9.90 Å². The average Bonchev–Trinajstić information content (AvgIpc) is 2.69. The number of carbonyl (C=O) groups is 1. The van der Waals surface area contributed by atoms with Gasteiger partial charge in [0.05, 0.1) is 11.1 Å². The molecule has 0 aliphatic rings. The minimum Gasteiger partial charge on any atom is -0.506 e. The summed E-state index contributed by atoms with van der Waals surface area (Å²) in [5.41, 5.74) is 2.23. The molecule has 0 bridgehead atoms. The number of nitrogens with zero attached hydrogens (tertiary/aromatic N) is 2. The normalized spacial score (nSPS) is 11.0. The van der Waals surface area contributed by atoms with Gasteiger partial charge in [0.2, 0.25) is 0 Å². The van der Waals surface area contributed by atoms with E-state index in [2.05, 4.69) is 17.2 Å². The number of fused-ring (bicyclic) bond motifs is 1. The number of phenols is 1. The third kappa shape index (κ3) is 3.91. The van der Waals surface area contributed by atoms with Crippen molar-refractivity contribution >= 4 is 16.8 Å². The SMILES string of the molecule is CCCCc1nc2ccc(C(=O)NCc3ccc(C)cc3)c(O)c2c(=O)n1C. The summed E-state index contributed by atoms with van der Waals surface area (Å²) in [4.78, 5) is 29.8. The topological polar surface area (TPSA) is 84.2 Å². The Morgan fingerprint density at radius 3 is 2.57 bits per heavy atom. The summed E-state index contributed by atoms with van der Waals surface area (Å²) in [6.45, 7) is 4.41. The molecule has 0 saturated heterocycles. The quantitative estimate of drug-likeness (QED) is 0.689. The Morgan fingerprint density at radius 1 is 1.18 bits per heavy atom. The number of rotatable bonds is 6. The van der Waals surface area contributed by atoms with Crippen LogP contribution < -0.4 is 10.9 Å². The first-order valence-electron chi connectivity index (χ1n) is 9.47. The molecular formula is C22H25N3O3. The van der Waals surface area contributed by atoms with Crippen molar-refractivity contribution in [1.29, 1.82) is 0 Å². The first-order chi connectivity index (χ1) is 13.4. The van der Waals surface area contributed by atoms with Crippen molar-refractivity contribution in [2.45, 2.75) is 39.7 Å². The number of aromatic nitrogens is 2. The highest BCUT2D eigenvalue weighted by atomic mass is 16.3. The van der Waals surface area contributed by atoms with Crippen LogP contribution in [0.2, 0.25) is 0 Å². The van der Waals surface area contributed by atoms with E-state index in [1.807, 2.05) is 31.2 Å². The van der Waals surface area contributed by atoms with E-state index in [0.717, 1.165) is 24.0 Å². The van der Waals surface area contributed by atoms with Crippen molar-refractivity contribution in [3.63, 3.8) is 0 Å². The molecule has 3 aromatic rings. The van der Waals surface area contributed by atoms with Crippen LogP contribution in [-0.4, -0.2) is 20.6 Å². The number of aromatic hydroxyl groups is 1. The van der Waals surface area contributed by atoms with Crippen molar-refractivity contribution in [1.82, 2.24) is 14.9 Å². The van der Waals surface area contributed by atoms with E-state index in [9.17, 15) is 14.7 Å². The third-order valence-electron chi connectivity index (χ3n) is 4.88. The molecule has 0 fully saturated rings. The van der Waals surface area contributed by atoms with Crippen LogP contribution in [0.5, 0.6) is 5.75 Å². The van der Waals surface area contributed by atoms with Crippen molar-refractivity contribution in [3.05, 3.63) is 69.3 Å². The maximum absolute atomic E-state index is 12.8. The number of carbonyl (C=O) groups excluding carboxylic acids is 1. The van der Waals surface area contributed by atoms with Crippen LogP contribution in [0.3, 0.4) is 0 Å². The van der Waals surface area contributed by atoms with Gasteiger partial charge in [-0.15, -0.1) is 0 Å². The van der Waals surface area contributed by atoms with Crippen LogP contribution in [0, 0.1) is 6.92 Å². The van der Waals surface area contributed by atoms with Gasteiger partial charge in [-0.05, 0) is 31.0 Å². The Kier molecular flexibility index (Phi) is 5.78. The highest BCUT2D eigenvalue weighted by Crippen LogP contribution is 2.25. The van der Waals surface area contributed by atoms with Gasteiger partial charge in [0.1, 0.15) is 17.0 Å². The molecule has 6 heteroatoms. The lowest BCUT2D eigenvalue weighted by Gasteiger charge is -2.12. The van der Waals surface area contributed by atoms with Gasteiger partial charge in [0.25, 0.3) is 11.5 Å². The smallest absolute Gasteiger partial charge is 0.264 e. The van der Waals surface area contributed by atoms with Crippen LogP contribution >= 0.6 is 0 Å². The first-order valence-corrected chi connectivity index (χ1v) is 9.47. The maximum atomic E-state index is 12.8. The van der Waals surface area contributed by atoms with Gasteiger partial charge in [0.15, 0.2) is 0 Å². The highest BCUT2D eigenvalue weighted by Gasteiger charge is 2.18. The number of hydrogen-bond donors (Lipinski definition) is 2. The number of aryl methyl sites for hydroxylation is 2. The molecule has 146 valence electrons. The average molecular weight is 379 g/mol. The monoisotopic (exact) mass is 379 g/mol. The molecule has 0 saturated carbocycles. The second-order valence-electron chi connectivity index (χ2n) is 7.02. The molecule has 0 unspecified atom stereocenters. The minimum absolute atomic E-state index is 0.0693. The van der Waals surface area contributed by atoms with Gasteiger partial charge in [-0.25, -0.2) is 4.98 Å². The van der Waals surface area contributed by atoms with Crippen molar-refractivity contribution in [3.8, 4) is 5.75 Å². The summed E-state index contributed by atoms with van der Waals surface area (Å²) in [5.74, 6) is -0.0820. The summed E-state index contributed by atoms with van der Waals surface area (Å²) >= 11 is 0. The molecule has 0 aliphatic carbocycles. The number of hydrogen-bond acceptors (Lipinski definition) is 4. The molecule has 6 nitrogen and oxygen atoms in total. The first kappa shape index (κ1) is 19.6. The number of benzene rings is 2. The second-order valence-corrected chi connectivity index (χ2v) is 7.02. The fraction of sp³-hybridized carbons (Fsp3) is 0.318. The summed E-state index contributed by atoms with van der Waals surface area (Å²) in [7, 11) is 1.64. The summed E-state index contributed by atoms with van der Waals surface area (Å²) in [6.07, 6.45) is 2.62. The predicted octanol–water partition coefficient (Wildman–Crippen LogP) is 3.22. The lowest BCUT2D eigenvalue weighted by Crippen LogP contribution is -2.25. The number of nitrogens with one attached hydrogen (secondary N) is 1. The molecule has 0 spiro atoms. The zero-order valence-corrected chi connectivity index (χ0v) is 16.5. The Morgan fingerprint density at radius 2 is 1.89 bits per heavy atom. The predicted molar refractivity (Wildman–Crippen MR) is 110 cm³/mol. The van der Waals surface area contributed by atoms with Crippen molar-refractivity contribution in [2.24, 2.45) is 7.05 Å². The Balaban J connectivity index is 1.90. The van der Waals surface area contributed by atoms with E-state index in [0.29, 0.717) is 24.3 Å². The maximum Gasteiger partial charge on any atom is 0.264 e. The van der Waals surface area contributed by atoms with Gasteiger partial charge in [-0.3, -0.25) is 14.2 Å². The molecule has 0 aliphatic heterocycles. The zero-order valence-electron chi connectivity index (χ0n) is 16.5.